The van der Waals surface area contributed by atoms with E-state index in [0.717, 1.165) is 5.56 Å². The average molecular weight is 337 g/mol. The number of aromatic nitrogens is 4. The van der Waals surface area contributed by atoms with Crippen molar-refractivity contribution in [2.75, 3.05) is 5.32 Å². The Labute approximate surface area is 142 Å². The molecule has 0 aliphatic carbocycles. The smallest absolute Gasteiger partial charge is 0.168 e. The monoisotopic (exact) mass is 337 g/mol. The number of halogens is 2. The van der Waals surface area contributed by atoms with Gasteiger partial charge in [-0.1, -0.05) is 18.2 Å². The Hall–Kier alpha value is -3.35. The Morgan fingerprint density at radius 1 is 0.960 bits per heavy atom. The first-order chi connectivity index (χ1) is 12.2. The Balaban J connectivity index is 1.66. The van der Waals surface area contributed by atoms with Crippen molar-refractivity contribution >= 4 is 16.9 Å². The molecule has 7 heteroatoms. The molecule has 2 heterocycles. The van der Waals surface area contributed by atoms with Gasteiger partial charge in [0.05, 0.1) is 17.3 Å². The van der Waals surface area contributed by atoms with Gasteiger partial charge < -0.3 is 5.32 Å². The fourth-order valence-corrected chi connectivity index (χ4v) is 2.57. The van der Waals surface area contributed by atoms with Crippen molar-refractivity contribution in [3.63, 3.8) is 0 Å². The van der Waals surface area contributed by atoms with Crippen molar-refractivity contribution in [1.29, 1.82) is 0 Å². The van der Waals surface area contributed by atoms with Crippen LogP contribution in [0.2, 0.25) is 0 Å². The second kappa shape index (κ2) is 6.27. The van der Waals surface area contributed by atoms with E-state index in [1.807, 2.05) is 0 Å². The quantitative estimate of drug-likeness (QED) is 0.617. The van der Waals surface area contributed by atoms with Crippen molar-refractivity contribution in [3.8, 4) is 5.69 Å². The number of anilines is 1. The van der Waals surface area contributed by atoms with E-state index in [1.54, 1.807) is 35.1 Å². The summed E-state index contributed by atoms with van der Waals surface area (Å²) in [5, 5.41) is 8.21. The van der Waals surface area contributed by atoms with E-state index in [9.17, 15) is 8.78 Å². The van der Waals surface area contributed by atoms with Crippen molar-refractivity contribution in [2.45, 2.75) is 6.54 Å². The van der Waals surface area contributed by atoms with Crippen LogP contribution in [0.3, 0.4) is 0 Å². The molecule has 4 rings (SSSR count). The summed E-state index contributed by atoms with van der Waals surface area (Å²) in [6.07, 6.45) is 3.06. The molecule has 0 bridgehead atoms. The van der Waals surface area contributed by atoms with Crippen LogP contribution in [0, 0.1) is 11.6 Å². The molecule has 0 unspecified atom stereocenters. The molecule has 124 valence electrons. The zero-order valence-electron chi connectivity index (χ0n) is 13.0. The summed E-state index contributed by atoms with van der Waals surface area (Å²) in [5.41, 5.74) is 2.08. The summed E-state index contributed by atoms with van der Waals surface area (Å²) < 4.78 is 28.0. The van der Waals surface area contributed by atoms with Crippen LogP contribution >= 0.6 is 0 Å². The van der Waals surface area contributed by atoms with Crippen molar-refractivity contribution in [1.82, 2.24) is 19.7 Å². The van der Waals surface area contributed by atoms with Gasteiger partial charge in [-0.3, -0.25) is 0 Å². The minimum Gasteiger partial charge on any atom is -0.365 e. The van der Waals surface area contributed by atoms with Gasteiger partial charge in [-0.25, -0.2) is 23.4 Å². The molecule has 0 atom stereocenters. The Kier molecular flexibility index (Phi) is 3.81. The number of hydrogen-bond acceptors (Lipinski definition) is 4. The van der Waals surface area contributed by atoms with Crippen LogP contribution in [-0.4, -0.2) is 19.7 Å². The third kappa shape index (κ3) is 3.03. The first kappa shape index (κ1) is 15.2. The van der Waals surface area contributed by atoms with E-state index < -0.39 is 0 Å². The van der Waals surface area contributed by atoms with Gasteiger partial charge in [0, 0.05) is 6.54 Å². The lowest BCUT2D eigenvalue weighted by Crippen LogP contribution is -2.03. The fraction of sp³-hybridized carbons (Fsp3) is 0.0556. The van der Waals surface area contributed by atoms with Gasteiger partial charge >= 0.3 is 0 Å². The largest absolute Gasteiger partial charge is 0.365 e. The number of nitrogens with zero attached hydrogens (tertiary/aromatic N) is 4. The van der Waals surface area contributed by atoms with E-state index in [1.165, 1.54) is 30.6 Å². The minimum atomic E-state index is -0.343. The number of hydrogen-bond donors (Lipinski definition) is 1. The highest BCUT2D eigenvalue weighted by Gasteiger charge is 2.11. The van der Waals surface area contributed by atoms with Gasteiger partial charge in [0.25, 0.3) is 0 Å². The van der Waals surface area contributed by atoms with Crippen LogP contribution in [-0.2, 0) is 6.54 Å². The third-order valence-corrected chi connectivity index (χ3v) is 3.79. The Bertz CT molecular complexity index is 1030. The average Bonchev–Trinajstić information content (AvgIpc) is 3.06. The third-order valence-electron chi connectivity index (χ3n) is 3.79. The fourth-order valence-electron chi connectivity index (χ4n) is 2.57. The van der Waals surface area contributed by atoms with Crippen LogP contribution in [0.4, 0.5) is 14.6 Å². The van der Waals surface area contributed by atoms with E-state index in [-0.39, 0.29) is 11.6 Å². The maximum Gasteiger partial charge on any atom is 0.168 e. The molecule has 5 nitrogen and oxygen atoms in total. The predicted molar refractivity (Wildman–Crippen MR) is 90.3 cm³/mol. The maximum absolute atomic E-state index is 13.5. The lowest BCUT2D eigenvalue weighted by atomic mass is 10.2. The normalized spacial score (nSPS) is 11.0. The van der Waals surface area contributed by atoms with Crippen molar-refractivity contribution in [3.05, 3.63) is 78.3 Å². The molecule has 2 aromatic heterocycles. The lowest BCUT2D eigenvalue weighted by Gasteiger charge is -2.07. The molecule has 0 saturated carbocycles. The molecule has 0 aliphatic rings. The summed E-state index contributed by atoms with van der Waals surface area (Å²) >= 11 is 0. The topological polar surface area (TPSA) is 55.6 Å². The minimum absolute atomic E-state index is 0.274. The van der Waals surface area contributed by atoms with E-state index in [4.69, 9.17) is 0 Å². The zero-order chi connectivity index (χ0) is 17.2. The van der Waals surface area contributed by atoms with Crippen molar-refractivity contribution < 1.29 is 8.78 Å². The van der Waals surface area contributed by atoms with Gasteiger partial charge in [-0.05, 0) is 35.9 Å². The first-order valence-electron chi connectivity index (χ1n) is 7.64. The molecule has 0 amide bonds. The van der Waals surface area contributed by atoms with E-state index in [0.29, 0.717) is 29.1 Å². The van der Waals surface area contributed by atoms with Crippen LogP contribution in [0.5, 0.6) is 0 Å². The second-order valence-corrected chi connectivity index (χ2v) is 5.48. The summed E-state index contributed by atoms with van der Waals surface area (Å²) in [7, 11) is 0. The molecule has 0 aliphatic heterocycles. The summed E-state index contributed by atoms with van der Waals surface area (Å²) in [6.45, 7) is 0.484. The highest BCUT2D eigenvalue weighted by Crippen LogP contribution is 2.22. The van der Waals surface area contributed by atoms with Gasteiger partial charge in [0.1, 0.15) is 23.8 Å². The second-order valence-electron chi connectivity index (χ2n) is 5.48. The van der Waals surface area contributed by atoms with E-state index in [2.05, 4.69) is 20.4 Å². The van der Waals surface area contributed by atoms with E-state index >= 15 is 0 Å². The van der Waals surface area contributed by atoms with Crippen molar-refractivity contribution in [2.24, 2.45) is 0 Å². The zero-order valence-corrected chi connectivity index (χ0v) is 13.0. The number of benzene rings is 2. The number of fused-ring (bicyclic) bond motifs is 1. The molecule has 4 aromatic rings. The predicted octanol–water partition coefficient (Wildman–Crippen LogP) is 3.71. The summed E-state index contributed by atoms with van der Waals surface area (Å²) in [4.78, 5) is 8.49. The molecular formula is C18H13F2N5. The van der Waals surface area contributed by atoms with Gasteiger partial charge in [-0.15, -0.1) is 0 Å². The number of rotatable bonds is 4. The van der Waals surface area contributed by atoms with Crippen LogP contribution in [0.25, 0.3) is 16.7 Å². The maximum atomic E-state index is 13.5. The van der Waals surface area contributed by atoms with Gasteiger partial charge in [0.15, 0.2) is 5.65 Å². The molecule has 0 saturated heterocycles. The van der Waals surface area contributed by atoms with Gasteiger partial charge in [0.2, 0.25) is 0 Å². The van der Waals surface area contributed by atoms with Gasteiger partial charge in [-0.2, -0.15) is 5.10 Å². The molecule has 25 heavy (non-hydrogen) atoms. The molecular weight excluding hydrogens is 324 g/mol. The highest BCUT2D eigenvalue weighted by molar-refractivity contribution is 5.87. The lowest BCUT2D eigenvalue weighted by molar-refractivity contribution is 0.625. The SMILES string of the molecule is Fc1ccc(CNc2ncnc3c2cnn3-c2cccc(F)c2)cc1. The Morgan fingerprint density at radius 3 is 2.60 bits per heavy atom. The van der Waals surface area contributed by atoms with Crippen LogP contribution < -0.4 is 5.32 Å². The summed E-state index contributed by atoms with van der Waals surface area (Å²) in [5.74, 6) is -0.00797. The molecule has 0 fully saturated rings. The number of nitrogens with one attached hydrogen (secondary N) is 1. The Morgan fingerprint density at radius 2 is 1.80 bits per heavy atom. The first-order valence-corrected chi connectivity index (χ1v) is 7.64. The molecule has 0 radical (unpaired) electrons. The van der Waals surface area contributed by atoms with Crippen LogP contribution in [0.1, 0.15) is 5.56 Å². The molecule has 0 spiro atoms. The highest BCUT2D eigenvalue weighted by atomic mass is 19.1. The van der Waals surface area contributed by atoms with Crippen LogP contribution in [0.15, 0.2) is 61.1 Å². The molecule has 1 N–H and O–H groups in total. The molecule has 2 aromatic carbocycles. The summed E-state index contributed by atoms with van der Waals surface area (Å²) in [6, 6.07) is 12.4. The standard InChI is InChI=1S/C18H13F2N5/c19-13-6-4-12(5-7-13)9-21-17-16-10-24-25(18(16)23-11-22-17)15-3-1-2-14(20)8-15/h1-8,10-11H,9H2,(H,21,22,23).